The molecule has 1 amide bonds. The van der Waals surface area contributed by atoms with E-state index < -0.39 is 17.7 Å². The number of Topliss-reactive ketones (excluding diaryl/α,β-unsaturated/α-hetero) is 1. The molecule has 1 aliphatic rings. The third-order valence-corrected chi connectivity index (χ3v) is 4.32. The number of aliphatic hydroxyl groups is 1. The lowest BCUT2D eigenvalue weighted by atomic mass is 9.95. The van der Waals surface area contributed by atoms with E-state index in [0.717, 1.165) is 12.0 Å². The van der Waals surface area contributed by atoms with Crippen molar-refractivity contribution in [2.75, 3.05) is 26.9 Å². The van der Waals surface area contributed by atoms with Crippen LogP contribution in [-0.4, -0.2) is 48.6 Å². The van der Waals surface area contributed by atoms with Crippen LogP contribution in [0.3, 0.4) is 0 Å². The van der Waals surface area contributed by atoms with Crippen LogP contribution in [0.5, 0.6) is 5.75 Å². The summed E-state index contributed by atoms with van der Waals surface area (Å²) in [4.78, 5) is 26.5. The summed E-state index contributed by atoms with van der Waals surface area (Å²) in [6.45, 7) is 5.22. The van der Waals surface area contributed by atoms with E-state index in [1.54, 1.807) is 14.0 Å². The average molecular weight is 361 g/mol. The zero-order valence-electron chi connectivity index (χ0n) is 15.7. The number of ether oxygens (including phenoxy) is 2. The second-order valence-corrected chi connectivity index (χ2v) is 6.21. The van der Waals surface area contributed by atoms with Crippen molar-refractivity contribution >= 4 is 11.7 Å². The smallest absolute Gasteiger partial charge is 0.290 e. The minimum atomic E-state index is -0.600. The van der Waals surface area contributed by atoms with E-state index in [9.17, 15) is 14.7 Å². The molecule has 26 heavy (non-hydrogen) atoms. The predicted molar refractivity (Wildman–Crippen MR) is 98.1 cm³/mol. The minimum Gasteiger partial charge on any atom is -0.503 e. The van der Waals surface area contributed by atoms with Gasteiger partial charge < -0.3 is 19.5 Å². The molecule has 0 saturated heterocycles. The van der Waals surface area contributed by atoms with Crippen LogP contribution in [-0.2, 0) is 14.3 Å². The number of hydrogen-bond donors (Lipinski definition) is 1. The highest BCUT2D eigenvalue weighted by Crippen LogP contribution is 2.39. The molecule has 1 aromatic rings. The predicted octanol–water partition coefficient (Wildman–Crippen LogP) is 3.19. The summed E-state index contributed by atoms with van der Waals surface area (Å²) in [6, 6.07) is 6.76. The summed E-state index contributed by atoms with van der Waals surface area (Å²) in [5.41, 5.74) is 0.924. The van der Waals surface area contributed by atoms with Gasteiger partial charge in [0.1, 0.15) is 5.75 Å². The van der Waals surface area contributed by atoms with E-state index in [4.69, 9.17) is 9.47 Å². The lowest BCUT2D eigenvalue weighted by molar-refractivity contribution is -0.129. The maximum Gasteiger partial charge on any atom is 0.290 e. The first-order valence-corrected chi connectivity index (χ1v) is 9.04. The van der Waals surface area contributed by atoms with E-state index in [1.807, 2.05) is 31.2 Å². The first-order chi connectivity index (χ1) is 12.5. The van der Waals surface area contributed by atoms with Crippen molar-refractivity contribution in [2.45, 2.75) is 39.2 Å². The highest BCUT2D eigenvalue weighted by atomic mass is 16.5. The number of hydrogen-bond acceptors (Lipinski definition) is 5. The van der Waals surface area contributed by atoms with Gasteiger partial charge in [-0.2, -0.15) is 0 Å². The fraction of sp³-hybridized carbons (Fsp3) is 0.500. The van der Waals surface area contributed by atoms with Crippen molar-refractivity contribution in [3.05, 3.63) is 41.2 Å². The Balaban J connectivity index is 2.40. The zero-order valence-corrected chi connectivity index (χ0v) is 15.7. The summed E-state index contributed by atoms with van der Waals surface area (Å²) < 4.78 is 10.7. The first-order valence-electron chi connectivity index (χ1n) is 9.04. The topological polar surface area (TPSA) is 76.1 Å². The molecular formula is C20H27NO5. The Bertz CT molecular complexity index is 683. The molecule has 1 unspecified atom stereocenters. The molecule has 0 spiro atoms. The third kappa shape index (κ3) is 4.25. The van der Waals surface area contributed by atoms with Gasteiger partial charge in [0.15, 0.2) is 11.5 Å². The zero-order chi connectivity index (χ0) is 19.1. The van der Waals surface area contributed by atoms with Gasteiger partial charge in [-0.15, -0.1) is 0 Å². The van der Waals surface area contributed by atoms with Crippen LogP contribution in [0.25, 0.3) is 0 Å². The SMILES string of the molecule is CCCOc1cccc(C2C(C(=O)CC)=C(O)C(=O)N2CCCOC)c1. The minimum absolute atomic E-state index is 0.169. The monoisotopic (exact) mass is 361 g/mol. The Morgan fingerprint density at radius 3 is 2.69 bits per heavy atom. The fourth-order valence-electron chi connectivity index (χ4n) is 3.08. The van der Waals surface area contributed by atoms with Gasteiger partial charge in [0.05, 0.1) is 18.2 Å². The van der Waals surface area contributed by atoms with Gasteiger partial charge in [-0.25, -0.2) is 0 Å². The maximum atomic E-state index is 12.6. The Hall–Kier alpha value is -2.34. The highest BCUT2D eigenvalue weighted by Gasteiger charge is 2.42. The van der Waals surface area contributed by atoms with Crippen molar-refractivity contribution < 1.29 is 24.2 Å². The number of amides is 1. The molecule has 2 rings (SSSR count). The first kappa shape index (κ1) is 20.0. The average Bonchev–Trinajstić information content (AvgIpc) is 2.91. The molecule has 1 atom stereocenters. The van der Waals surface area contributed by atoms with Gasteiger partial charge in [0.2, 0.25) is 0 Å². The summed E-state index contributed by atoms with van der Waals surface area (Å²) in [5, 5.41) is 10.3. The second kappa shape index (κ2) is 9.38. The number of carbonyl (C=O) groups excluding carboxylic acids is 2. The van der Waals surface area contributed by atoms with E-state index in [2.05, 4.69) is 0 Å². The van der Waals surface area contributed by atoms with E-state index in [1.165, 1.54) is 4.90 Å². The van der Waals surface area contributed by atoms with Crippen LogP contribution in [0.2, 0.25) is 0 Å². The van der Waals surface area contributed by atoms with Crippen molar-refractivity contribution in [1.82, 2.24) is 4.90 Å². The lowest BCUT2D eigenvalue weighted by Gasteiger charge is -2.27. The summed E-state index contributed by atoms with van der Waals surface area (Å²) >= 11 is 0. The molecule has 0 fully saturated rings. The standard InChI is InChI=1S/C20H27NO5/c1-4-11-26-15-9-6-8-14(13-15)18-17(16(22)5-2)19(23)20(24)21(18)10-7-12-25-3/h6,8-9,13,18,23H,4-5,7,10-12H2,1-3H3. The Labute approximate surface area is 154 Å². The molecule has 0 aromatic heterocycles. The Morgan fingerprint density at radius 2 is 2.04 bits per heavy atom. The highest BCUT2D eigenvalue weighted by molar-refractivity contribution is 6.08. The lowest BCUT2D eigenvalue weighted by Crippen LogP contribution is -2.32. The van der Waals surface area contributed by atoms with Crippen molar-refractivity contribution in [3.8, 4) is 5.75 Å². The van der Waals surface area contributed by atoms with Crippen LogP contribution >= 0.6 is 0 Å². The van der Waals surface area contributed by atoms with E-state index in [0.29, 0.717) is 31.9 Å². The van der Waals surface area contributed by atoms with Crippen LogP contribution in [0.15, 0.2) is 35.6 Å². The molecule has 0 radical (unpaired) electrons. The molecule has 142 valence electrons. The Morgan fingerprint density at radius 1 is 1.27 bits per heavy atom. The summed E-state index contributed by atoms with van der Waals surface area (Å²) in [5.74, 6) is -0.500. The third-order valence-electron chi connectivity index (χ3n) is 4.32. The van der Waals surface area contributed by atoms with Gasteiger partial charge in [-0.3, -0.25) is 9.59 Å². The molecule has 6 heteroatoms. The number of rotatable bonds is 10. The summed E-state index contributed by atoms with van der Waals surface area (Å²) in [6.07, 6.45) is 1.72. The van der Waals surface area contributed by atoms with E-state index >= 15 is 0 Å². The number of aliphatic hydroxyl groups excluding tert-OH is 1. The van der Waals surface area contributed by atoms with Gasteiger partial charge in [-0.1, -0.05) is 26.0 Å². The molecule has 6 nitrogen and oxygen atoms in total. The van der Waals surface area contributed by atoms with Crippen molar-refractivity contribution in [3.63, 3.8) is 0 Å². The fourth-order valence-corrected chi connectivity index (χ4v) is 3.08. The molecule has 1 aliphatic heterocycles. The molecule has 0 bridgehead atoms. The van der Waals surface area contributed by atoms with Crippen LogP contribution in [0.4, 0.5) is 0 Å². The van der Waals surface area contributed by atoms with Crippen molar-refractivity contribution in [1.29, 1.82) is 0 Å². The van der Waals surface area contributed by atoms with Crippen LogP contribution < -0.4 is 4.74 Å². The van der Waals surface area contributed by atoms with Crippen molar-refractivity contribution in [2.24, 2.45) is 0 Å². The number of carbonyl (C=O) groups is 2. The van der Waals surface area contributed by atoms with E-state index in [-0.39, 0.29) is 17.8 Å². The molecule has 1 N–H and O–H groups in total. The quantitative estimate of drug-likeness (QED) is 0.648. The molecule has 1 heterocycles. The number of benzene rings is 1. The molecule has 0 saturated carbocycles. The largest absolute Gasteiger partial charge is 0.503 e. The normalized spacial score (nSPS) is 17.1. The second-order valence-electron chi connectivity index (χ2n) is 6.21. The van der Waals surface area contributed by atoms with Crippen LogP contribution in [0, 0.1) is 0 Å². The number of ketones is 1. The summed E-state index contributed by atoms with van der Waals surface area (Å²) in [7, 11) is 1.60. The maximum absolute atomic E-state index is 12.6. The van der Waals surface area contributed by atoms with Gasteiger partial charge >= 0.3 is 0 Å². The molecular weight excluding hydrogens is 334 g/mol. The van der Waals surface area contributed by atoms with Gasteiger partial charge in [0, 0.05) is 26.7 Å². The van der Waals surface area contributed by atoms with Gasteiger partial charge in [0.25, 0.3) is 5.91 Å². The van der Waals surface area contributed by atoms with Gasteiger partial charge in [-0.05, 0) is 30.5 Å². The molecule has 1 aromatic carbocycles. The Kier molecular flexibility index (Phi) is 7.21. The molecule has 0 aliphatic carbocycles. The van der Waals surface area contributed by atoms with Crippen LogP contribution in [0.1, 0.15) is 44.7 Å². The number of nitrogens with zero attached hydrogens (tertiary/aromatic N) is 1. The number of methoxy groups -OCH3 is 1.